The van der Waals surface area contributed by atoms with Crippen molar-refractivity contribution in [3.8, 4) is 5.75 Å². The minimum absolute atomic E-state index is 0.124. The van der Waals surface area contributed by atoms with Gasteiger partial charge in [-0.05, 0) is 29.8 Å². The number of carbonyl (C=O) groups excluding carboxylic acids is 1. The van der Waals surface area contributed by atoms with Crippen molar-refractivity contribution in [1.29, 1.82) is 0 Å². The van der Waals surface area contributed by atoms with Crippen molar-refractivity contribution in [3.63, 3.8) is 0 Å². The molecule has 2 aromatic carbocycles. The molecule has 0 bridgehead atoms. The first-order valence-electron chi connectivity index (χ1n) is 8.77. The molecular weight excluding hydrogens is 362 g/mol. The van der Waals surface area contributed by atoms with E-state index in [1.807, 2.05) is 6.07 Å². The van der Waals surface area contributed by atoms with Gasteiger partial charge in [-0.15, -0.1) is 0 Å². The van der Waals surface area contributed by atoms with Gasteiger partial charge in [0, 0.05) is 17.7 Å². The summed E-state index contributed by atoms with van der Waals surface area (Å²) in [5.41, 5.74) is 1.22. The maximum Gasteiger partial charge on any atom is 0.412 e. The quantitative estimate of drug-likeness (QED) is 0.570. The van der Waals surface area contributed by atoms with Crippen LogP contribution in [0, 0.1) is 5.92 Å². The summed E-state index contributed by atoms with van der Waals surface area (Å²) in [4.78, 5) is 23.2. The molecule has 28 heavy (non-hydrogen) atoms. The van der Waals surface area contributed by atoms with Crippen LogP contribution in [-0.4, -0.2) is 35.5 Å². The zero-order chi connectivity index (χ0) is 20.4. The number of benzene rings is 2. The molecule has 0 aliphatic heterocycles. The normalized spacial score (nSPS) is 12.9. The number of aliphatic hydroxyl groups is 1. The van der Waals surface area contributed by atoms with E-state index in [9.17, 15) is 9.59 Å². The van der Waals surface area contributed by atoms with Crippen molar-refractivity contribution < 1.29 is 29.3 Å². The van der Waals surface area contributed by atoms with Crippen molar-refractivity contribution in [1.82, 2.24) is 0 Å². The highest BCUT2D eigenvalue weighted by molar-refractivity contribution is 5.84. The van der Waals surface area contributed by atoms with Crippen LogP contribution in [0.25, 0.3) is 0 Å². The molecule has 0 saturated carbocycles. The summed E-state index contributed by atoms with van der Waals surface area (Å²) in [7, 11) is 0. The number of amides is 1. The standard InChI is InChI=1S/C21H23NO6/c1-15(10-11-19(24)25)20(16-6-5-9-18(14-16)27-13-12-23)28-21(26)22-17-7-3-2-4-8-17/h2-11,14-15,20,23H,12-13H2,1H3,(H,22,26)(H,24,25)/b11-10+/t15-,20+/m1/s1. The summed E-state index contributed by atoms with van der Waals surface area (Å²) in [5.74, 6) is -0.983. The van der Waals surface area contributed by atoms with E-state index in [0.29, 0.717) is 17.0 Å². The van der Waals surface area contributed by atoms with Crippen molar-refractivity contribution in [3.05, 3.63) is 72.3 Å². The van der Waals surface area contributed by atoms with Gasteiger partial charge in [-0.25, -0.2) is 9.59 Å². The Balaban J connectivity index is 2.21. The van der Waals surface area contributed by atoms with Crippen molar-refractivity contribution in [2.24, 2.45) is 5.92 Å². The minimum Gasteiger partial charge on any atom is -0.491 e. The summed E-state index contributed by atoms with van der Waals surface area (Å²) >= 11 is 0. The first-order valence-corrected chi connectivity index (χ1v) is 8.77. The Kier molecular flexibility index (Phi) is 8.05. The van der Waals surface area contributed by atoms with E-state index < -0.39 is 24.1 Å². The van der Waals surface area contributed by atoms with Crippen LogP contribution < -0.4 is 10.1 Å². The summed E-state index contributed by atoms with van der Waals surface area (Å²) in [6.07, 6.45) is 1.08. The number of aliphatic hydroxyl groups excluding tert-OH is 1. The third-order valence-corrected chi connectivity index (χ3v) is 3.82. The molecule has 0 aromatic heterocycles. The Morgan fingerprint density at radius 1 is 1.14 bits per heavy atom. The van der Waals surface area contributed by atoms with Crippen molar-refractivity contribution in [2.75, 3.05) is 18.5 Å². The fourth-order valence-electron chi connectivity index (χ4n) is 2.54. The van der Waals surface area contributed by atoms with E-state index in [4.69, 9.17) is 19.7 Å². The number of hydrogen-bond acceptors (Lipinski definition) is 5. The molecule has 0 aliphatic rings. The molecule has 0 heterocycles. The Morgan fingerprint density at radius 2 is 1.89 bits per heavy atom. The maximum absolute atomic E-state index is 12.4. The van der Waals surface area contributed by atoms with E-state index in [1.54, 1.807) is 55.5 Å². The molecular formula is C21H23NO6. The van der Waals surface area contributed by atoms with Crippen LogP contribution in [0.5, 0.6) is 5.75 Å². The zero-order valence-electron chi connectivity index (χ0n) is 15.4. The Morgan fingerprint density at radius 3 is 2.57 bits per heavy atom. The third kappa shape index (κ3) is 6.77. The van der Waals surface area contributed by atoms with Gasteiger partial charge in [0.05, 0.1) is 6.61 Å². The second-order valence-electron chi connectivity index (χ2n) is 6.02. The van der Waals surface area contributed by atoms with Gasteiger partial charge in [0.1, 0.15) is 18.5 Å². The number of carboxylic acid groups (broad SMARTS) is 1. The van der Waals surface area contributed by atoms with Gasteiger partial charge in [-0.1, -0.05) is 43.3 Å². The number of hydrogen-bond donors (Lipinski definition) is 3. The molecule has 1 amide bonds. The number of rotatable bonds is 9. The molecule has 0 fully saturated rings. The van der Waals surface area contributed by atoms with Gasteiger partial charge < -0.3 is 19.7 Å². The van der Waals surface area contributed by atoms with Crippen LogP contribution in [-0.2, 0) is 9.53 Å². The molecule has 2 aromatic rings. The summed E-state index contributed by atoms with van der Waals surface area (Å²) in [6, 6.07) is 15.8. The second-order valence-corrected chi connectivity index (χ2v) is 6.02. The fraction of sp³-hybridized carbons (Fsp3) is 0.238. The van der Waals surface area contributed by atoms with Crippen LogP contribution in [0.15, 0.2) is 66.7 Å². The second kappa shape index (κ2) is 10.7. The van der Waals surface area contributed by atoms with Crippen molar-refractivity contribution in [2.45, 2.75) is 13.0 Å². The number of nitrogens with one attached hydrogen (secondary N) is 1. The molecule has 7 heteroatoms. The lowest BCUT2D eigenvalue weighted by Gasteiger charge is -2.23. The summed E-state index contributed by atoms with van der Waals surface area (Å²) < 4.78 is 11.0. The van der Waals surface area contributed by atoms with Gasteiger partial charge in [0.2, 0.25) is 0 Å². The average Bonchev–Trinajstić information content (AvgIpc) is 2.69. The van der Waals surface area contributed by atoms with Crippen LogP contribution in [0.3, 0.4) is 0 Å². The number of anilines is 1. The fourth-order valence-corrected chi connectivity index (χ4v) is 2.54. The number of ether oxygens (including phenoxy) is 2. The first-order chi connectivity index (χ1) is 13.5. The third-order valence-electron chi connectivity index (χ3n) is 3.82. The first kappa shape index (κ1) is 21.0. The maximum atomic E-state index is 12.4. The van der Waals surface area contributed by atoms with Gasteiger partial charge in [0.25, 0.3) is 0 Å². The SMILES string of the molecule is C[C@H](/C=C/C(=O)O)[C@H](OC(=O)Nc1ccccc1)c1cccc(OCCO)c1. The molecule has 0 radical (unpaired) electrons. The van der Waals surface area contributed by atoms with Gasteiger partial charge in [-0.3, -0.25) is 5.32 Å². The molecule has 2 rings (SSSR count). The predicted molar refractivity (Wildman–Crippen MR) is 104 cm³/mol. The largest absolute Gasteiger partial charge is 0.491 e. The monoisotopic (exact) mass is 385 g/mol. The Bertz CT molecular complexity index is 806. The number of para-hydroxylation sites is 1. The highest BCUT2D eigenvalue weighted by Gasteiger charge is 2.23. The van der Waals surface area contributed by atoms with Crippen LogP contribution >= 0.6 is 0 Å². The van der Waals surface area contributed by atoms with Crippen LogP contribution in [0.2, 0.25) is 0 Å². The molecule has 2 atom stereocenters. The molecule has 0 unspecified atom stereocenters. The molecule has 0 saturated heterocycles. The van der Waals surface area contributed by atoms with E-state index in [2.05, 4.69) is 5.32 Å². The van der Waals surface area contributed by atoms with Crippen LogP contribution in [0.4, 0.5) is 10.5 Å². The van der Waals surface area contributed by atoms with Gasteiger partial charge in [-0.2, -0.15) is 0 Å². The topological polar surface area (TPSA) is 105 Å². The molecule has 7 nitrogen and oxygen atoms in total. The molecule has 3 N–H and O–H groups in total. The summed E-state index contributed by atoms with van der Waals surface area (Å²) in [6.45, 7) is 1.76. The van der Waals surface area contributed by atoms with Crippen LogP contribution in [0.1, 0.15) is 18.6 Å². The summed E-state index contributed by atoms with van der Waals surface area (Å²) in [5, 5.41) is 20.4. The Hall–Kier alpha value is -3.32. The lowest BCUT2D eigenvalue weighted by atomic mass is 9.96. The number of carboxylic acids is 1. The number of carbonyl (C=O) groups is 2. The van der Waals surface area contributed by atoms with Gasteiger partial charge >= 0.3 is 12.1 Å². The lowest BCUT2D eigenvalue weighted by Crippen LogP contribution is -2.21. The molecule has 148 valence electrons. The Labute approximate surface area is 163 Å². The van der Waals surface area contributed by atoms with E-state index in [0.717, 1.165) is 6.08 Å². The minimum atomic E-state index is -1.08. The number of aliphatic carboxylic acids is 1. The molecule has 0 aliphatic carbocycles. The highest BCUT2D eigenvalue weighted by atomic mass is 16.6. The van der Waals surface area contributed by atoms with E-state index in [1.165, 1.54) is 6.08 Å². The van der Waals surface area contributed by atoms with E-state index in [-0.39, 0.29) is 13.2 Å². The zero-order valence-corrected chi connectivity index (χ0v) is 15.4. The predicted octanol–water partition coefficient (Wildman–Crippen LogP) is 3.62. The smallest absolute Gasteiger partial charge is 0.412 e. The van der Waals surface area contributed by atoms with Crippen molar-refractivity contribution >= 4 is 17.7 Å². The lowest BCUT2D eigenvalue weighted by molar-refractivity contribution is -0.131. The average molecular weight is 385 g/mol. The van der Waals surface area contributed by atoms with Gasteiger partial charge in [0.15, 0.2) is 0 Å². The highest BCUT2D eigenvalue weighted by Crippen LogP contribution is 2.30. The van der Waals surface area contributed by atoms with E-state index >= 15 is 0 Å². The molecule has 0 spiro atoms.